The van der Waals surface area contributed by atoms with Crippen LogP contribution in [-0.2, 0) is 6.42 Å². The molecular formula is C12H14N2O2. The molecule has 16 heavy (non-hydrogen) atoms. The highest BCUT2D eigenvalue weighted by atomic mass is 16.5. The lowest BCUT2D eigenvalue weighted by atomic mass is 10.1. The minimum Gasteiger partial charge on any atom is -0.497 e. The van der Waals surface area contributed by atoms with E-state index in [-0.39, 0.29) is 5.56 Å². The van der Waals surface area contributed by atoms with Crippen molar-refractivity contribution in [2.75, 3.05) is 13.7 Å². The lowest BCUT2D eigenvalue weighted by molar-refractivity contribution is 0.415. The minimum absolute atomic E-state index is 0.0666. The zero-order valence-electron chi connectivity index (χ0n) is 9.12. The molecule has 0 aliphatic carbocycles. The summed E-state index contributed by atoms with van der Waals surface area (Å²) in [5.74, 6) is 0.776. The van der Waals surface area contributed by atoms with Gasteiger partial charge in [-0.1, -0.05) is 0 Å². The van der Waals surface area contributed by atoms with Gasteiger partial charge in [-0.25, -0.2) is 0 Å². The molecule has 0 bridgehead atoms. The minimum atomic E-state index is -0.0666. The number of methoxy groups -OCH3 is 1. The molecule has 2 aromatic rings. The monoisotopic (exact) mass is 218 g/mol. The van der Waals surface area contributed by atoms with Crippen LogP contribution in [0.5, 0.6) is 5.75 Å². The van der Waals surface area contributed by atoms with E-state index in [2.05, 4.69) is 4.98 Å². The van der Waals surface area contributed by atoms with Gasteiger partial charge in [-0.2, -0.15) is 0 Å². The fourth-order valence-corrected chi connectivity index (χ4v) is 1.70. The van der Waals surface area contributed by atoms with Crippen molar-refractivity contribution in [3.8, 4) is 5.75 Å². The summed E-state index contributed by atoms with van der Waals surface area (Å²) in [6.45, 7) is 0.471. The summed E-state index contributed by atoms with van der Waals surface area (Å²) in [4.78, 5) is 14.5. The van der Waals surface area contributed by atoms with Crippen molar-refractivity contribution in [2.45, 2.75) is 6.42 Å². The number of aromatic amines is 1. The van der Waals surface area contributed by atoms with E-state index in [1.54, 1.807) is 7.11 Å². The van der Waals surface area contributed by atoms with Gasteiger partial charge < -0.3 is 15.5 Å². The Hall–Kier alpha value is -1.81. The first kappa shape index (κ1) is 10.7. The number of pyridine rings is 1. The molecule has 0 spiro atoms. The fraction of sp³-hybridized carbons (Fsp3) is 0.250. The number of nitrogens with one attached hydrogen (secondary N) is 1. The SMILES string of the molecule is COc1ccc2[nH]c(=O)c(CCN)cc2c1. The molecule has 0 aliphatic rings. The maximum absolute atomic E-state index is 11.6. The third-order valence-electron chi connectivity index (χ3n) is 2.54. The Morgan fingerprint density at radius 1 is 1.38 bits per heavy atom. The molecular weight excluding hydrogens is 204 g/mol. The molecule has 2 rings (SSSR count). The van der Waals surface area contributed by atoms with Crippen LogP contribution in [0.2, 0.25) is 0 Å². The Balaban J connectivity index is 2.61. The molecule has 4 nitrogen and oxygen atoms in total. The normalized spacial score (nSPS) is 10.6. The zero-order chi connectivity index (χ0) is 11.5. The Labute approximate surface area is 93.0 Å². The summed E-state index contributed by atoms with van der Waals surface area (Å²) >= 11 is 0. The van der Waals surface area contributed by atoms with Gasteiger partial charge in [0.1, 0.15) is 5.75 Å². The standard InChI is InChI=1S/C12H14N2O2/c1-16-10-2-3-11-9(7-10)6-8(4-5-13)12(15)14-11/h2-3,6-7H,4-5,13H2,1H3,(H,14,15). The zero-order valence-corrected chi connectivity index (χ0v) is 9.12. The van der Waals surface area contributed by atoms with Gasteiger partial charge in [-0.15, -0.1) is 0 Å². The van der Waals surface area contributed by atoms with E-state index in [0.29, 0.717) is 18.5 Å². The topological polar surface area (TPSA) is 68.1 Å². The Kier molecular flexibility index (Phi) is 2.92. The quantitative estimate of drug-likeness (QED) is 0.808. The van der Waals surface area contributed by atoms with Crippen LogP contribution in [0.15, 0.2) is 29.1 Å². The van der Waals surface area contributed by atoms with Crippen LogP contribution < -0.4 is 16.0 Å². The van der Waals surface area contributed by atoms with Crippen LogP contribution in [0.25, 0.3) is 10.9 Å². The summed E-state index contributed by atoms with van der Waals surface area (Å²) in [7, 11) is 1.62. The van der Waals surface area contributed by atoms with E-state index in [9.17, 15) is 4.79 Å². The molecule has 0 unspecified atom stereocenters. The van der Waals surface area contributed by atoms with Crippen LogP contribution in [0, 0.1) is 0 Å². The van der Waals surface area contributed by atoms with E-state index in [1.165, 1.54) is 0 Å². The maximum atomic E-state index is 11.6. The number of hydrogen-bond acceptors (Lipinski definition) is 3. The molecule has 4 heteroatoms. The number of benzene rings is 1. The molecule has 0 saturated heterocycles. The number of hydrogen-bond donors (Lipinski definition) is 2. The third-order valence-corrected chi connectivity index (χ3v) is 2.54. The van der Waals surface area contributed by atoms with E-state index in [1.807, 2.05) is 24.3 Å². The van der Waals surface area contributed by atoms with Crippen LogP contribution in [0.1, 0.15) is 5.56 Å². The summed E-state index contributed by atoms with van der Waals surface area (Å²) in [6.07, 6.45) is 0.586. The van der Waals surface area contributed by atoms with Crippen molar-refractivity contribution in [2.24, 2.45) is 5.73 Å². The second kappa shape index (κ2) is 4.37. The van der Waals surface area contributed by atoms with Crippen molar-refractivity contribution in [1.29, 1.82) is 0 Å². The van der Waals surface area contributed by atoms with Crippen molar-refractivity contribution < 1.29 is 4.74 Å². The highest BCUT2D eigenvalue weighted by Crippen LogP contribution is 2.18. The molecule has 84 valence electrons. The molecule has 0 aliphatic heterocycles. The van der Waals surface area contributed by atoms with Crippen molar-refractivity contribution in [3.05, 3.63) is 40.2 Å². The molecule has 0 fully saturated rings. The summed E-state index contributed by atoms with van der Waals surface area (Å²) in [5, 5.41) is 0.961. The molecule has 0 radical (unpaired) electrons. The fourth-order valence-electron chi connectivity index (χ4n) is 1.70. The van der Waals surface area contributed by atoms with Gasteiger partial charge in [0.2, 0.25) is 0 Å². The van der Waals surface area contributed by atoms with Crippen molar-refractivity contribution >= 4 is 10.9 Å². The van der Waals surface area contributed by atoms with Gasteiger partial charge in [0.05, 0.1) is 7.11 Å². The first-order chi connectivity index (χ1) is 7.74. The average Bonchev–Trinajstić information content (AvgIpc) is 2.30. The van der Waals surface area contributed by atoms with Gasteiger partial charge in [0.15, 0.2) is 0 Å². The molecule has 1 heterocycles. The first-order valence-electron chi connectivity index (χ1n) is 5.14. The van der Waals surface area contributed by atoms with Crippen LogP contribution in [0.4, 0.5) is 0 Å². The molecule has 3 N–H and O–H groups in total. The van der Waals surface area contributed by atoms with Gasteiger partial charge in [0, 0.05) is 16.5 Å². The molecule has 1 aromatic heterocycles. The molecule has 0 amide bonds. The van der Waals surface area contributed by atoms with E-state index in [4.69, 9.17) is 10.5 Å². The van der Waals surface area contributed by atoms with E-state index >= 15 is 0 Å². The Bertz CT molecular complexity index is 560. The number of nitrogens with two attached hydrogens (primary N) is 1. The molecule has 1 aromatic carbocycles. The highest BCUT2D eigenvalue weighted by molar-refractivity contribution is 5.80. The van der Waals surface area contributed by atoms with Crippen molar-refractivity contribution in [3.63, 3.8) is 0 Å². The highest BCUT2D eigenvalue weighted by Gasteiger charge is 2.03. The van der Waals surface area contributed by atoms with Crippen LogP contribution in [-0.4, -0.2) is 18.6 Å². The Morgan fingerprint density at radius 2 is 2.19 bits per heavy atom. The van der Waals surface area contributed by atoms with Crippen LogP contribution in [0.3, 0.4) is 0 Å². The van der Waals surface area contributed by atoms with Gasteiger partial charge in [-0.05, 0) is 37.2 Å². The summed E-state index contributed by atoms with van der Waals surface area (Å²) in [5.41, 5.74) is 6.91. The number of ether oxygens (including phenoxy) is 1. The molecule has 0 saturated carbocycles. The van der Waals surface area contributed by atoms with Gasteiger partial charge in [0.25, 0.3) is 5.56 Å². The predicted octanol–water partition coefficient (Wildman–Crippen LogP) is 1.04. The smallest absolute Gasteiger partial charge is 0.251 e. The number of rotatable bonds is 3. The Morgan fingerprint density at radius 3 is 2.88 bits per heavy atom. The van der Waals surface area contributed by atoms with E-state index < -0.39 is 0 Å². The second-order valence-electron chi connectivity index (χ2n) is 3.62. The van der Waals surface area contributed by atoms with Gasteiger partial charge in [-0.3, -0.25) is 4.79 Å². The van der Waals surface area contributed by atoms with Gasteiger partial charge >= 0.3 is 0 Å². The lowest BCUT2D eigenvalue weighted by Gasteiger charge is -2.04. The number of H-pyrrole nitrogens is 1. The van der Waals surface area contributed by atoms with E-state index in [0.717, 1.165) is 16.7 Å². The summed E-state index contributed by atoms with van der Waals surface area (Å²) < 4.78 is 5.14. The lowest BCUT2D eigenvalue weighted by Crippen LogP contribution is -2.16. The number of fused-ring (bicyclic) bond motifs is 1. The predicted molar refractivity (Wildman–Crippen MR) is 63.9 cm³/mol. The average molecular weight is 218 g/mol. The first-order valence-corrected chi connectivity index (χ1v) is 5.14. The van der Waals surface area contributed by atoms with Crippen LogP contribution >= 0.6 is 0 Å². The second-order valence-corrected chi connectivity index (χ2v) is 3.62. The maximum Gasteiger partial charge on any atom is 0.251 e. The number of aromatic nitrogens is 1. The van der Waals surface area contributed by atoms with Crippen molar-refractivity contribution in [1.82, 2.24) is 4.98 Å². The largest absolute Gasteiger partial charge is 0.497 e. The molecule has 0 atom stereocenters. The third kappa shape index (κ3) is 1.92. The summed E-state index contributed by atoms with van der Waals surface area (Å²) in [6, 6.07) is 7.41.